The lowest BCUT2D eigenvalue weighted by Gasteiger charge is -2.07. The standard InChI is InChI=1S/C13H6Br2ClFN2S/c14-6-1-2-10-11(3-6)20-13(18-10)19-12-8(15)4-7(17)5-9(12)16/h1-5H,(H,18,19). The Morgan fingerprint density at radius 3 is 2.75 bits per heavy atom. The third kappa shape index (κ3) is 2.83. The van der Waals surface area contributed by atoms with E-state index in [2.05, 4.69) is 42.2 Å². The Labute approximate surface area is 140 Å². The first-order chi connectivity index (χ1) is 9.52. The summed E-state index contributed by atoms with van der Waals surface area (Å²) in [6.07, 6.45) is 0. The van der Waals surface area contributed by atoms with Crippen LogP contribution in [0.25, 0.3) is 10.2 Å². The van der Waals surface area contributed by atoms with Crippen LogP contribution in [0.2, 0.25) is 5.02 Å². The van der Waals surface area contributed by atoms with E-state index in [1.807, 2.05) is 18.2 Å². The summed E-state index contributed by atoms with van der Waals surface area (Å²) in [6, 6.07) is 8.49. The molecule has 0 unspecified atom stereocenters. The topological polar surface area (TPSA) is 24.9 Å². The van der Waals surface area contributed by atoms with Crippen LogP contribution in [0.3, 0.4) is 0 Å². The zero-order valence-corrected chi connectivity index (χ0v) is 14.5. The van der Waals surface area contributed by atoms with Crippen molar-refractivity contribution in [1.82, 2.24) is 4.98 Å². The molecular formula is C13H6Br2ClFN2S. The fourth-order valence-corrected chi connectivity index (χ4v) is 4.04. The van der Waals surface area contributed by atoms with Gasteiger partial charge < -0.3 is 5.32 Å². The smallest absolute Gasteiger partial charge is 0.188 e. The van der Waals surface area contributed by atoms with Crippen LogP contribution in [0.5, 0.6) is 0 Å². The molecule has 0 fully saturated rings. The van der Waals surface area contributed by atoms with Crippen molar-refractivity contribution in [2.24, 2.45) is 0 Å². The molecule has 3 aromatic rings. The molecule has 2 nitrogen and oxygen atoms in total. The van der Waals surface area contributed by atoms with E-state index < -0.39 is 0 Å². The monoisotopic (exact) mass is 434 g/mol. The van der Waals surface area contributed by atoms with Crippen molar-refractivity contribution in [1.29, 1.82) is 0 Å². The molecule has 0 atom stereocenters. The highest BCUT2D eigenvalue weighted by atomic mass is 79.9. The van der Waals surface area contributed by atoms with Gasteiger partial charge in [0, 0.05) is 8.95 Å². The second-order valence-electron chi connectivity index (χ2n) is 4.00. The Bertz CT molecular complexity index is 783. The van der Waals surface area contributed by atoms with E-state index in [0.717, 1.165) is 14.7 Å². The van der Waals surface area contributed by atoms with Gasteiger partial charge in [-0.25, -0.2) is 9.37 Å². The van der Waals surface area contributed by atoms with Gasteiger partial charge in [-0.2, -0.15) is 0 Å². The molecule has 7 heteroatoms. The number of halogens is 4. The highest BCUT2D eigenvalue weighted by Crippen LogP contribution is 2.36. The summed E-state index contributed by atoms with van der Waals surface area (Å²) in [6.45, 7) is 0. The zero-order chi connectivity index (χ0) is 14.3. The van der Waals surface area contributed by atoms with E-state index in [1.54, 1.807) is 0 Å². The molecular weight excluding hydrogens is 430 g/mol. The van der Waals surface area contributed by atoms with E-state index >= 15 is 0 Å². The van der Waals surface area contributed by atoms with Gasteiger partial charge in [-0.15, -0.1) is 0 Å². The number of aromatic nitrogens is 1. The highest BCUT2D eigenvalue weighted by molar-refractivity contribution is 9.10. The SMILES string of the molecule is Fc1cc(Cl)c(Nc2nc3ccc(Br)cc3s2)c(Br)c1. The lowest BCUT2D eigenvalue weighted by atomic mass is 10.3. The zero-order valence-electron chi connectivity index (χ0n) is 9.75. The largest absolute Gasteiger partial charge is 0.329 e. The fraction of sp³-hybridized carbons (Fsp3) is 0. The molecule has 0 bridgehead atoms. The van der Waals surface area contributed by atoms with Gasteiger partial charge in [-0.1, -0.05) is 38.9 Å². The van der Waals surface area contributed by atoms with Gasteiger partial charge in [0.05, 0.1) is 20.9 Å². The predicted octanol–water partition coefficient (Wildman–Crippen LogP) is 6.36. The summed E-state index contributed by atoms with van der Waals surface area (Å²) in [5, 5.41) is 4.13. The molecule has 3 rings (SSSR count). The van der Waals surface area contributed by atoms with Crippen molar-refractivity contribution in [2.75, 3.05) is 5.32 Å². The van der Waals surface area contributed by atoms with Gasteiger partial charge >= 0.3 is 0 Å². The number of hydrogen-bond acceptors (Lipinski definition) is 3. The van der Waals surface area contributed by atoms with Gasteiger partial charge in [0.2, 0.25) is 0 Å². The number of thiazole rings is 1. The number of nitrogens with one attached hydrogen (secondary N) is 1. The average Bonchev–Trinajstić information content (AvgIpc) is 2.75. The average molecular weight is 437 g/mol. The van der Waals surface area contributed by atoms with E-state index in [4.69, 9.17) is 11.6 Å². The van der Waals surface area contributed by atoms with Crippen molar-refractivity contribution in [3.63, 3.8) is 0 Å². The first kappa shape index (κ1) is 14.3. The van der Waals surface area contributed by atoms with Crippen LogP contribution in [0.4, 0.5) is 15.2 Å². The van der Waals surface area contributed by atoms with E-state index in [0.29, 0.717) is 20.3 Å². The van der Waals surface area contributed by atoms with Gasteiger partial charge in [-0.3, -0.25) is 0 Å². The second kappa shape index (κ2) is 5.60. The van der Waals surface area contributed by atoms with Crippen LogP contribution < -0.4 is 5.32 Å². The second-order valence-corrected chi connectivity index (χ2v) is 7.21. The highest BCUT2D eigenvalue weighted by Gasteiger charge is 2.11. The first-order valence-corrected chi connectivity index (χ1v) is 8.28. The Kier molecular flexibility index (Phi) is 3.99. The van der Waals surface area contributed by atoms with E-state index in [1.165, 1.54) is 23.5 Å². The molecule has 0 saturated carbocycles. The van der Waals surface area contributed by atoms with Crippen LogP contribution in [0.1, 0.15) is 0 Å². The molecule has 1 aromatic heterocycles. The number of rotatable bonds is 2. The van der Waals surface area contributed by atoms with Crippen molar-refractivity contribution in [3.8, 4) is 0 Å². The predicted molar refractivity (Wildman–Crippen MR) is 89.7 cm³/mol. The summed E-state index contributed by atoms with van der Waals surface area (Å²) in [5.41, 5.74) is 1.50. The van der Waals surface area contributed by atoms with Gasteiger partial charge in [-0.05, 0) is 46.3 Å². The first-order valence-electron chi connectivity index (χ1n) is 5.50. The maximum absolute atomic E-state index is 13.2. The number of hydrogen-bond donors (Lipinski definition) is 1. The van der Waals surface area contributed by atoms with E-state index in [9.17, 15) is 4.39 Å². The Morgan fingerprint density at radius 2 is 2.00 bits per heavy atom. The van der Waals surface area contributed by atoms with E-state index in [-0.39, 0.29) is 5.82 Å². The van der Waals surface area contributed by atoms with Crippen LogP contribution in [-0.4, -0.2) is 4.98 Å². The van der Waals surface area contributed by atoms with Gasteiger partial charge in [0.15, 0.2) is 5.13 Å². The Balaban J connectivity index is 2.01. The lowest BCUT2D eigenvalue weighted by molar-refractivity contribution is 0.627. The number of benzene rings is 2. The van der Waals surface area contributed by atoms with Gasteiger partial charge in [0.1, 0.15) is 5.82 Å². The third-order valence-electron chi connectivity index (χ3n) is 2.59. The molecule has 0 radical (unpaired) electrons. The van der Waals surface area contributed by atoms with Crippen LogP contribution in [-0.2, 0) is 0 Å². The maximum Gasteiger partial charge on any atom is 0.188 e. The molecule has 0 amide bonds. The van der Waals surface area contributed by atoms with Crippen LogP contribution >= 0.6 is 54.8 Å². The summed E-state index contributed by atoms with van der Waals surface area (Å²) in [7, 11) is 0. The Morgan fingerprint density at radius 1 is 1.20 bits per heavy atom. The van der Waals surface area contributed by atoms with Crippen LogP contribution in [0, 0.1) is 5.82 Å². The normalized spacial score (nSPS) is 11.0. The summed E-state index contributed by atoms with van der Waals surface area (Å²) in [4.78, 5) is 4.47. The molecule has 0 aliphatic carbocycles. The summed E-state index contributed by atoms with van der Waals surface area (Å²) in [5.74, 6) is -0.388. The van der Waals surface area contributed by atoms with Crippen molar-refractivity contribution < 1.29 is 4.39 Å². The van der Waals surface area contributed by atoms with Crippen molar-refractivity contribution in [3.05, 3.63) is 50.1 Å². The summed E-state index contributed by atoms with van der Waals surface area (Å²) < 4.78 is 15.8. The molecule has 102 valence electrons. The molecule has 0 aliphatic rings. The molecule has 20 heavy (non-hydrogen) atoms. The number of fused-ring (bicyclic) bond motifs is 1. The minimum Gasteiger partial charge on any atom is -0.329 e. The number of nitrogens with zero attached hydrogens (tertiary/aromatic N) is 1. The Hall–Kier alpha value is -0.690. The number of anilines is 2. The van der Waals surface area contributed by atoms with Crippen LogP contribution in [0.15, 0.2) is 39.3 Å². The van der Waals surface area contributed by atoms with Crippen molar-refractivity contribution in [2.45, 2.75) is 0 Å². The summed E-state index contributed by atoms with van der Waals surface area (Å²) >= 11 is 14.3. The van der Waals surface area contributed by atoms with Gasteiger partial charge in [0.25, 0.3) is 0 Å². The molecule has 0 spiro atoms. The molecule has 0 aliphatic heterocycles. The lowest BCUT2D eigenvalue weighted by Crippen LogP contribution is -1.92. The fourth-order valence-electron chi connectivity index (χ4n) is 1.72. The minimum atomic E-state index is -0.388. The molecule has 1 N–H and O–H groups in total. The maximum atomic E-state index is 13.2. The van der Waals surface area contributed by atoms with Crippen molar-refractivity contribution >= 4 is 75.8 Å². The molecule has 0 saturated heterocycles. The molecule has 2 aromatic carbocycles. The minimum absolute atomic E-state index is 0.303. The quantitative estimate of drug-likeness (QED) is 0.506. The third-order valence-corrected chi connectivity index (χ3v) is 4.94. The molecule has 1 heterocycles.